The summed E-state index contributed by atoms with van der Waals surface area (Å²) in [6.07, 6.45) is 0. The summed E-state index contributed by atoms with van der Waals surface area (Å²) in [5, 5.41) is 7.78. The normalized spacial score (nSPS) is 11.8. The summed E-state index contributed by atoms with van der Waals surface area (Å²) < 4.78 is 0. The van der Waals surface area contributed by atoms with E-state index in [1.807, 2.05) is 0 Å². The second-order valence-corrected chi connectivity index (χ2v) is 5.53. The van der Waals surface area contributed by atoms with Crippen molar-refractivity contribution in [3.05, 3.63) is 59.7 Å². The zero-order chi connectivity index (χ0) is 19.1. The maximum Gasteiger partial charge on any atom is 0.331 e. The van der Waals surface area contributed by atoms with Crippen LogP contribution in [-0.4, -0.2) is 23.2 Å². The van der Waals surface area contributed by atoms with Gasteiger partial charge in [0.1, 0.15) is 0 Å². The van der Waals surface area contributed by atoms with E-state index in [1.165, 1.54) is 0 Å². The minimum absolute atomic E-state index is 0.512. The molecule has 2 aromatic carbocycles. The molecule has 26 heavy (non-hydrogen) atoms. The Morgan fingerprint density at radius 3 is 1.50 bits per heavy atom. The van der Waals surface area contributed by atoms with Crippen molar-refractivity contribution < 1.29 is 9.59 Å². The molecule has 0 radical (unpaired) electrons. The lowest BCUT2D eigenvalue weighted by Gasteiger charge is -2.04. The Balaban J connectivity index is 1.96. The van der Waals surface area contributed by atoms with Crippen LogP contribution in [0, 0.1) is 0 Å². The number of nitrogens with one attached hydrogen (secondary N) is 2. The van der Waals surface area contributed by atoms with E-state index in [9.17, 15) is 9.59 Å². The first-order chi connectivity index (χ1) is 12.4. The fraction of sp³-hybridized carbons (Fsp3) is 0.111. The molecular formula is C18H20N6O2. The number of amides is 2. The third-order valence-electron chi connectivity index (χ3n) is 3.47. The molecule has 8 nitrogen and oxygen atoms in total. The van der Waals surface area contributed by atoms with Gasteiger partial charge in [-0.25, -0.2) is 10.9 Å². The van der Waals surface area contributed by atoms with E-state index in [4.69, 9.17) is 11.5 Å². The molecule has 0 bridgehead atoms. The van der Waals surface area contributed by atoms with Crippen LogP contribution >= 0.6 is 0 Å². The van der Waals surface area contributed by atoms with Crippen molar-refractivity contribution >= 4 is 34.6 Å². The van der Waals surface area contributed by atoms with Gasteiger partial charge in [-0.2, -0.15) is 10.2 Å². The number of rotatable bonds is 4. The smallest absolute Gasteiger partial charge is 0.331 e. The average molecular weight is 352 g/mol. The Labute approximate surface area is 151 Å². The Morgan fingerprint density at radius 2 is 1.15 bits per heavy atom. The van der Waals surface area contributed by atoms with E-state index >= 15 is 0 Å². The predicted molar refractivity (Wildman–Crippen MR) is 102 cm³/mol. The second-order valence-electron chi connectivity index (χ2n) is 5.53. The molecule has 0 aliphatic carbocycles. The Kier molecular flexibility index (Phi) is 6.05. The van der Waals surface area contributed by atoms with Crippen molar-refractivity contribution in [3.8, 4) is 0 Å². The zero-order valence-electron chi connectivity index (χ0n) is 14.5. The molecule has 0 fully saturated rings. The molecule has 0 heterocycles. The fourth-order valence-corrected chi connectivity index (χ4v) is 2.03. The van der Waals surface area contributed by atoms with Gasteiger partial charge in [-0.15, -0.1) is 0 Å². The molecule has 0 saturated carbocycles. The summed E-state index contributed by atoms with van der Waals surface area (Å²) in [6.45, 7) is 3.38. The highest BCUT2D eigenvalue weighted by atomic mass is 16.2. The molecule has 0 unspecified atom stereocenters. The molecule has 0 aliphatic rings. The summed E-state index contributed by atoms with van der Waals surface area (Å²) in [4.78, 5) is 23.6. The van der Waals surface area contributed by atoms with E-state index < -0.39 is 11.8 Å². The highest BCUT2D eigenvalue weighted by Crippen LogP contribution is 2.08. The first-order valence-corrected chi connectivity index (χ1v) is 7.77. The summed E-state index contributed by atoms with van der Waals surface area (Å²) in [5.41, 5.74) is 19.4. The zero-order valence-corrected chi connectivity index (χ0v) is 14.5. The second kappa shape index (κ2) is 8.43. The van der Waals surface area contributed by atoms with Crippen LogP contribution in [0.5, 0.6) is 0 Å². The van der Waals surface area contributed by atoms with Crippen molar-refractivity contribution in [2.75, 3.05) is 11.5 Å². The van der Waals surface area contributed by atoms with E-state index in [1.54, 1.807) is 62.4 Å². The van der Waals surface area contributed by atoms with Crippen LogP contribution in [0.4, 0.5) is 11.4 Å². The van der Waals surface area contributed by atoms with E-state index in [0.29, 0.717) is 22.8 Å². The minimum atomic E-state index is -0.933. The highest BCUT2D eigenvalue weighted by Gasteiger charge is 2.12. The van der Waals surface area contributed by atoms with Gasteiger partial charge >= 0.3 is 11.8 Å². The number of nitrogens with two attached hydrogens (primary N) is 2. The van der Waals surface area contributed by atoms with Crippen molar-refractivity contribution in [1.29, 1.82) is 0 Å². The van der Waals surface area contributed by atoms with Gasteiger partial charge in [0.05, 0.1) is 11.4 Å². The lowest BCUT2D eigenvalue weighted by Crippen LogP contribution is -2.36. The van der Waals surface area contributed by atoms with Crippen molar-refractivity contribution in [1.82, 2.24) is 10.9 Å². The molecule has 134 valence electrons. The average Bonchev–Trinajstić information content (AvgIpc) is 2.63. The monoisotopic (exact) mass is 352 g/mol. The molecule has 0 spiro atoms. The largest absolute Gasteiger partial charge is 0.399 e. The number of hydrazone groups is 2. The third-order valence-corrected chi connectivity index (χ3v) is 3.47. The highest BCUT2D eigenvalue weighted by molar-refractivity contribution is 6.35. The lowest BCUT2D eigenvalue weighted by atomic mass is 10.1. The summed E-state index contributed by atoms with van der Waals surface area (Å²) >= 11 is 0. The maximum absolute atomic E-state index is 11.8. The third kappa shape index (κ3) is 5.17. The summed E-state index contributed by atoms with van der Waals surface area (Å²) in [7, 11) is 0. The van der Waals surface area contributed by atoms with Gasteiger partial charge in [0.15, 0.2) is 0 Å². The van der Waals surface area contributed by atoms with Crippen LogP contribution in [0.1, 0.15) is 25.0 Å². The number of nitrogens with zero attached hydrogens (tertiary/aromatic N) is 2. The Morgan fingerprint density at radius 1 is 0.769 bits per heavy atom. The van der Waals surface area contributed by atoms with Gasteiger partial charge in [-0.1, -0.05) is 24.3 Å². The molecular weight excluding hydrogens is 332 g/mol. The Bertz CT molecular complexity index is 815. The van der Waals surface area contributed by atoms with E-state index in [0.717, 1.165) is 11.1 Å². The summed E-state index contributed by atoms with van der Waals surface area (Å²) in [5.74, 6) is -1.87. The topological polar surface area (TPSA) is 135 Å². The summed E-state index contributed by atoms with van der Waals surface area (Å²) in [6, 6.07) is 14.0. The molecule has 0 aromatic heterocycles. The fourth-order valence-electron chi connectivity index (χ4n) is 2.03. The number of nitrogen functional groups attached to an aromatic ring is 2. The number of anilines is 2. The van der Waals surface area contributed by atoms with Gasteiger partial charge in [0.2, 0.25) is 0 Å². The molecule has 8 heteroatoms. The number of hydrogen-bond acceptors (Lipinski definition) is 6. The van der Waals surface area contributed by atoms with Gasteiger partial charge in [0.25, 0.3) is 0 Å². The standard InChI is InChI=1S/C18H20N6O2/c1-11(13-5-3-7-15(19)9-13)21-23-17(25)18(26)24-22-12(2)14-6-4-8-16(20)10-14/h3-10H,19-20H2,1-2H3,(H,23,25)(H,24,26)/b21-11+,22-12+. The molecule has 0 atom stereocenters. The molecule has 0 aliphatic heterocycles. The first-order valence-electron chi connectivity index (χ1n) is 7.77. The van der Waals surface area contributed by atoms with E-state index in [2.05, 4.69) is 21.1 Å². The van der Waals surface area contributed by atoms with Crippen LogP contribution in [-0.2, 0) is 9.59 Å². The number of hydrogen-bond donors (Lipinski definition) is 4. The van der Waals surface area contributed by atoms with Crippen LogP contribution in [0.25, 0.3) is 0 Å². The molecule has 0 saturated heterocycles. The number of benzene rings is 2. The maximum atomic E-state index is 11.8. The quantitative estimate of drug-likeness (QED) is 0.285. The van der Waals surface area contributed by atoms with E-state index in [-0.39, 0.29) is 0 Å². The van der Waals surface area contributed by atoms with Crippen LogP contribution in [0.2, 0.25) is 0 Å². The van der Waals surface area contributed by atoms with Gasteiger partial charge in [-0.3, -0.25) is 9.59 Å². The van der Waals surface area contributed by atoms with Crippen molar-refractivity contribution in [2.24, 2.45) is 10.2 Å². The molecule has 2 aromatic rings. The molecule has 2 rings (SSSR count). The van der Waals surface area contributed by atoms with Crippen LogP contribution in [0.3, 0.4) is 0 Å². The number of carbonyl (C=O) groups excluding carboxylic acids is 2. The van der Waals surface area contributed by atoms with Crippen LogP contribution in [0.15, 0.2) is 58.7 Å². The molecule has 6 N–H and O–H groups in total. The molecule has 2 amide bonds. The van der Waals surface area contributed by atoms with Gasteiger partial charge in [0, 0.05) is 11.4 Å². The van der Waals surface area contributed by atoms with Gasteiger partial charge in [-0.05, 0) is 49.2 Å². The lowest BCUT2D eigenvalue weighted by molar-refractivity contribution is -0.139. The minimum Gasteiger partial charge on any atom is -0.399 e. The first kappa shape index (κ1) is 18.7. The van der Waals surface area contributed by atoms with Crippen molar-refractivity contribution in [2.45, 2.75) is 13.8 Å². The Hall–Kier alpha value is -3.68. The van der Waals surface area contributed by atoms with Crippen LogP contribution < -0.4 is 22.3 Å². The predicted octanol–water partition coefficient (Wildman–Crippen LogP) is 1.23. The van der Waals surface area contributed by atoms with Crippen molar-refractivity contribution in [3.63, 3.8) is 0 Å². The van der Waals surface area contributed by atoms with Gasteiger partial charge < -0.3 is 11.5 Å². The number of carbonyl (C=O) groups is 2. The SMILES string of the molecule is C/C(=N\NC(=O)C(=O)N/N=C(\C)c1cccc(N)c1)c1cccc(N)c1.